The molecule has 1 aliphatic rings. The summed E-state index contributed by atoms with van der Waals surface area (Å²) >= 11 is 0. The van der Waals surface area contributed by atoms with Gasteiger partial charge in [0.1, 0.15) is 0 Å². The lowest BCUT2D eigenvalue weighted by Crippen LogP contribution is -2.44. The zero-order chi connectivity index (χ0) is 17.6. The Kier molecular flexibility index (Phi) is 5.70. The molecule has 0 spiro atoms. The van der Waals surface area contributed by atoms with Crippen LogP contribution in [0.2, 0.25) is 0 Å². The smallest absolute Gasteiger partial charge is 0.0991 e. The third-order valence-electron chi connectivity index (χ3n) is 4.93. The summed E-state index contributed by atoms with van der Waals surface area (Å²) in [5, 5.41) is 12.5. The summed E-state index contributed by atoms with van der Waals surface area (Å²) in [6.45, 7) is 7.39. The molecule has 2 aromatic rings. The van der Waals surface area contributed by atoms with Crippen molar-refractivity contribution in [3.05, 3.63) is 65.2 Å². The minimum absolute atomic E-state index is 0.271. The van der Waals surface area contributed by atoms with Crippen LogP contribution >= 0.6 is 0 Å². The van der Waals surface area contributed by atoms with Crippen LogP contribution in [0.15, 0.2) is 48.5 Å². The fourth-order valence-corrected chi connectivity index (χ4v) is 3.18. The number of anilines is 1. The molecule has 4 heteroatoms. The van der Waals surface area contributed by atoms with Crippen LogP contribution in [-0.4, -0.2) is 38.1 Å². The first-order chi connectivity index (χ1) is 12.2. The van der Waals surface area contributed by atoms with Crippen molar-refractivity contribution in [3.8, 4) is 6.07 Å². The van der Waals surface area contributed by atoms with Crippen LogP contribution in [0.5, 0.6) is 0 Å². The maximum atomic E-state index is 8.99. The third-order valence-corrected chi connectivity index (χ3v) is 4.93. The van der Waals surface area contributed by atoms with E-state index in [4.69, 9.17) is 5.26 Å². The first kappa shape index (κ1) is 17.5. The van der Waals surface area contributed by atoms with E-state index in [0.717, 1.165) is 38.3 Å². The van der Waals surface area contributed by atoms with Crippen LogP contribution in [0.25, 0.3) is 0 Å². The molecule has 0 aromatic heterocycles. The van der Waals surface area contributed by atoms with Gasteiger partial charge in [-0.25, -0.2) is 0 Å². The maximum absolute atomic E-state index is 8.99. The summed E-state index contributed by atoms with van der Waals surface area (Å²) in [7, 11) is 2.18. The average molecular weight is 334 g/mol. The van der Waals surface area contributed by atoms with Crippen LogP contribution in [0.4, 0.5) is 5.69 Å². The van der Waals surface area contributed by atoms with E-state index in [2.05, 4.69) is 65.5 Å². The molecule has 1 saturated heterocycles. The molecule has 1 aliphatic heterocycles. The van der Waals surface area contributed by atoms with Crippen LogP contribution in [0.3, 0.4) is 0 Å². The van der Waals surface area contributed by atoms with Gasteiger partial charge in [0.25, 0.3) is 0 Å². The first-order valence-corrected chi connectivity index (χ1v) is 8.91. The molecular formula is C21H26N4. The van der Waals surface area contributed by atoms with Crippen molar-refractivity contribution < 1.29 is 0 Å². The van der Waals surface area contributed by atoms with Crippen molar-refractivity contribution in [1.29, 1.82) is 5.26 Å². The second kappa shape index (κ2) is 8.15. The summed E-state index contributed by atoms with van der Waals surface area (Å²) < 4.78 is 0. The van der Waals surface area contributed by atoms with E-state index >= 15 is 0 Å². The highest BCUT2D eigenvalue weighted by Crippen LogP contribution is 2.20. The quantitative estimate of drug-likeness (QED) is 0.912. The van der Waals surface area contributed by atoms with Gasteiger partial charge in [0.05, 0.1) is 11.6 Å². The van der Waals surface area contributed by atoms with E-state index in [1.807, 2.05) is 18.2 Å². The molecule has 0 bridgehead atoms. The van der Waals surface area contributed by atoms with Gasteiger partial charge < -0.3 is 15.1 Å². The Morgan fingerprint density at radius 2 is 1.80 bits per heavy atom. The molecular weight excluding hydrogens is 308 g/mol. The zero-order valence-electron chi connectivity index (χ0n) is 15.1. The standard InChI is InChI=1S/C21H26N4/c1-17(23-16-19-5-3-4-18(14-19)15-22)20-6-8-21(9-7-20)25-12-10-24(2)11-13-25/h3-9,14,17,23H,10-13,16H2,1-2H3/t17-/m1/s1. The normalized spacial score (nSPS) is 16.4. The van der Waals surface area contributed by atoms with Crippen LogP contribution < -0.4 is 10.2 Å². The molecule has 130 valence electrons. The molecule has 0 saturated carbocycles. The largest absolute Gasteiger partial charge is 0.369 e. The summed E-state index contributed by atoms with van der Waals surface area (Å²) in [4.78, 5) is 4.83. The van der Waals surface area contributed by atoms with E-state index < -0.39 is 0 Å². The minimum atomic E-state index is 0.271. The lowest BCUT2D eigenvalue weighted by atomic mass is 10.1. The number of nitrogens with one attached hydrogen (secondary N) is 1. The maximum Gasteiger partial charge on any atom is 0.0991 e. The molecule has 4 nitrogen and oxygen atoms in total. The van der Waals surface area contributed by atoms with Crippen molar-refractivity contribution >= 4 is 5.69 Å². The summed E-state index contributed by atoms with van der Waals surface area (Å²) in [6, 6.07) is 19.1. The van der Waals surface area contributed by atoms with Crippen LogP contribution in [0.1, 0.15) is 29.7 Å². The van der Waals surface area contributed by atoms with Gasteiger partial charge in [0.2, 0.25) is 0 Å². The van der Waals surface area contributed by atoms with Gasteiger partial charge in [-0.15, -0.1) is 0 Å². The number of benzene rings is 2. The van der Waals surface area contributed by atoms with E-state index in [1.54, 1.807) is 0 Å². The van der Waals surface area contributed by atoms with E-state index in [0.29, 0.717) is 5.56 Å². The van der Waals surface area contributed by atoms with Gasteiger partial charge in [-0.1, -0.05) is 24.3 Å². The Labute approximate surface area is 150 Å². The molecule has 1 heterocycles. The van der Waals surface area contributed by atoms with Gasteiger partial charge in [-0.05, 0) is 49.4 Å². The molecule has 25 heavy (non-hydrogen) atoms. The molecule has 0 amide bonds. The van der Waals surface area contributed by atoms with Gasteiger partial charge in [0.15, 0.2) is 0 Å². The van der Waals surface area contributed by atoms with E-state index in [1.165, 1.54) is 11.3 Å². The van der Waals surface area contributed by atoms with Crippen molar-refractivity contribution in [3.63, 3.8) is 0 Å². The first-order valence-electron chi connectivity index (χ1n) is 8.91. The minimum Gasteiger partial charge on any atom is -0.369 e. The highest BCUT2D eigenvalue weighted by molar-refractivity contribution is 5.48. The lowest BCUT2D eigenvalue weighted by molar-refractivity contribution is 0.313. The molecule has 1 atom stereocenters. The van der Waals surface area contributed by atoms with Crippen molar-refractivity contribution in [2.45, 2.75) is 19.5 Å². The Morgan fingerprint density at radius 1 is 1.08 bits per heavy atom. The predicted octanol–water partition coefficient (Wildman–Crippen LogP) is 3.16. The summed E-state index contributed by atoms with van der Waals surface area (Å²) in [6.07, 6.45) is 0. The number of piperazine rings is 1. The molecule has 0 radical (unpaired) electrons. The predicted molar refractivity (Wildman–Crippen MR) is 103 cm³/mol. The molecule has 3 rings (SSSR count). The van der Waals surface area contributed by atoms with Gasteiger partial charge in [-0.3, -0.25) is 0 Å². The number of rotatable bonds is 5. The van der Waals surface area contributed by atoms with Crippen LogP contribution in [0, 0.1) is 11.3 Å². The average Bonchev–Trinajstić information content (AvgIpc) is 2.67. The number of hydrogen-bond donors (Lipinski definition) is 1. The number of hydrogen-bond acceptors (Lipinski definition) is 4. The molecule has 0 unspecified atom stereocenters. The summed E-state index contributed by atoms with van der Waals surface area (Å²) in [5.41, 5.74) is 4.45. The van der Waals surface area contributed by atoms with E-state index in [9.17, 15) is 0 Å². The number of likely N-dealkylation sites (N-methyl/N-ethyl adjacent to an activating group) is 1. The fourth-order valence-electron chi connectivity index (χ4n) is 3.18. The lowest BCUT2D eigenvalue weighted by Gasteiger charge is -2.34. The monoisotopic (exact) mass is 334 g/mol. The Hall–Kier alpha value is -2.35. The van der Waals surface area contributed by atoms with Gasteiger partial charge in [-0.2, -0.15) is 5.26 Å². The SMILES string of the molecule is C[C@@H](NCc1cccc(C#N)c1)c1ccc(N2CCN(C)CC2)cc1. The third kappa shape index (κ3) is 4.60. The molecule has 0 aliphatic carbocycles. The highest BCUT2D eigenvalue weighted by Gasteiger charge is 2.14. The molecule has 1 fully saturated rings. The second-order valence-corrected chi connectivity index (χ2v) is 6.80. The second-order valence-electron chi connectivity index (χ2n) is 6.80. The van der Waals surface area contributed by atoms with Crippen LogP contribution in [-0.2, 0) is 6.54 Å². The highest BCUT2D eigenvalue weighted by atomic mass is 15.2. The molecule has 2 aromatic carbocycles. The molecule has 1 N–H and O–H groups in total. The van der Waals surface area contributed by atoms with Gasteiger partial charge >= 0.3 is 0 Å². The summed E-state index contributed by atoms with van der Waals surface area (Å²) in [5.74, 6) is 0. The van der Waals surface area contributed by atoms with Crippen molar-refractivity contribution in [2.24, 2.45) is 0 Å². The Morgan fingerprint density at radius 3 is 2.48 bits per heavy atom. The Balaban J connectivity index is 1.57. The zero-order valence-corrected chi connectivity index (χ0v) is 15.1. The van der Waals surface area contributed by atoms with Crippen molar-refractivity contribution in [2.75, 3.05) is 38.1 Å². The van der Waals surface area contributed by atoms with Gasteiger partial charge in [0, 0.05) is 44.5 Å². The van der Waals surface area contributed by atoms with Crippen molar-refractivity contribution in [1.82, 2.24) is 10.2 Å². The number of nitriles is 1. The topological polar surface area (TPSA) is 42.3 Å². The Bertz CT molecular complexity index is 724. The fraction of sp³-hybridized carbons (Fsp3) is 0.381. The number of nitrogens with zero attached hydrogens (tertiary/aromatic N) is 3. The van der Waals surface area contributed by atoms with E-state index in [-0.39, 0.29) is 6.04 Å².